The van der Waals surface area contributed by atoms with Crippen molar-refractivity contribution in [3.8, 4) is 0 Å². The van der Waals surface area contributed by atoms with Crippen molar-refractivity contribution in [1.29, 1.82) is 0 Å². The average Bonchev–Trinajstić information content (AvgIpc) is 2.50. The fraction of sp³-hybridized carbons (Fsp3) is 0.375. The quantitative estimate of drug-likeness (QED) is 0.379. The van der Waals surface area contributed by atoms with Crippen LogP contribution in [-0.2, 0) is 16.6 Å². The molecule has 70 valence electrons. The molecule has 0 bridgehead atoms. The summed E-state index contributed by atoms with van der Waals surface area (Å²) in [6, 6.07) is 0. The highest BCUT2D eigenvalue weighted by atomic mass is 16.5. The summed E-state index contributed by atoms with van der Waals surface area (Å²) in [5.41, 5.74) is 0. The van der Waals surface area contributed by atoms with Gasteiger partial charge in [-0.25, -0.2) is 9.78 Å². The molecular formula is C8H10N2O3. The molecular weight excluding hydrogens is 172 g/mol. The van der Waals surface area contributed by atoms with Crippen LogP contribution in [0.2, 0.25) is 0 Å². The molecule has 0 spiro atoms. The van der Waals surface area contributed by atoms with Crippen LogP contribution in [0.4, 0.5) is 0 Å². The van der Waals surface area contributed by atoms with Crippen molar-refractivity contribution in [1.82, 2.24) is 9.55 Å². The highest BCUT2D eigenvalue weighted by molar-refractivity contribution is 6.39. The minimum absolute atomic E-state index is 0.0958. The third kappa shape index (κ3) is 1.93. The summed E-state index contributed by atoms with van der Waals surface area (Å²) < 4.78 is 6.01. The van der Waals surface area contributed by atoms with Crippen molar-refractivity contribution < 1.29 is 14.3 Å². The van der Waals surface area contributed by atoms with Crippen LogP contribution in [0.25, 0.3) is 0 Å². The van der Waals surface area contributed by atoms with Gasteiger partial charge in [-0.05, 0) is 6.92 Å². The summed E-state index contributed by atoms with van der Waals surface area (Å²) in [4.78, 5) is 26.0. The second-order valence-corrected chi connectivity index (χ2v) is 2.41. The van der Waals surface area contributed by atoms with Crippen molar-refractivity contribution >= 4 is 11.8 Å². The first-order valence-corrected chi connectivity index (χ1v) is 3.85. The summed E-state index contributed by atoms with van der Waals surface area (Å²) >= 11 is 0. The summed E-state index contributed by atoms with van der Waals surface area (Å²) in [6.07, 6.45) is 3.04. The van der Waals surface area contributed by atoms with Crippen molar-refractivity contribution in [2.45, 2.75) is 6.92 Å². The fourth-order valence-corrected chi connectivity index (χ4v) is 0.872. The zero-order chi connectivity index (χ0) is 9.84. The number of carbonyl (C=O) groups is 2. The number of ether oxygens (including phenoxy) is 1. The van der Waals surface area contributed by atoms with E-state index in [0.29, 0.717) is 0 Å². The van der Waals surface area contributed by atoms with Gasteiger partial charge in [-0.1, -0.05) is 0 Å². The minimum Gasteiger partial charge on any atom is -0.460 e. The Morgan fingerprint density at radius 3 is 2.77 bits per heavy atom. The van der Waals surface area contributed by atoms with Crippen LogP contribution >= 0.6 is 0 Å². The van der Waals surface area contributed by atoms with Gasteiger partial charge in [-0.3, -0.25) is 4.79 Å². The van der Waals surface area contributed by atoms with Crippen molar-refractivity contribution in [2.75, 3.05) is 6.61 Å². The Kier molecular flexibility index (Phi) is 2.79. The van der Waals surface area contributed by atoms with E-state index >= 15 is 0 Å². The van der Waals surface area contributed by atoms with E-state index < -0.39 is 11.8 Å². The number of aryl methyl sites for hydroxylation is 1. The van der Waals surface area contributed by atoms with Crippen molar-refractivity contribution in [3.63, 3.8) is 0 Å². The summed E-state index contributed by atoms with van der Waals surface area (Å²) in [5, 5.41) is 0. The number of Topliss-reactive ketones (excluding diaryl/α,β-unsaturated/α-hetero) is 1. The largest absolute Gasteiger partial charge is 0.460 e. The molecule has 0 saturated carbocycles. The van der Waals surface area contributed by atoms with Gasteiger partial charge < -0.3 is 9.30 Å². The molecule has 0 aliphatic rings. The number of rotatable bonds is 3. The second-order valence-electron chi connectivity index (χ2n) is 2.41. The lowest BCUT2D eigenvalue weighted by molar-refractivity contribution is -0.137. The van der Waals surface area contributed by atoms with Crippen LogP contribution in [0.15, 0.2) is 12.4 Å². The number of esters is 1. The molecule has 13 heavy (non-hydrogen) atoms. The van der Waals surface area contributed by atoms with Gasteiger partial charge in [0.2, 0.25) is 0 Å². The van der Waals surface area contributed by atoms with E-state index in [1.807, 2.05) is 0 Å². The second kappa shape index (κ2) is 3.84. The Hall–Kier alpha value is -1.65. The summed E-state index contributed by atoms with van der Waals surface area (Å²) in [7, 11) is 1.64. The summed E-state index contributed by atoms with van der Waals surface area (Å²) in [6.45, 7) is 1.83. The van der Waals surface area contributed by atoms with E-state index in [-0.39, 0.29) is 12.4 Å². The normalized spacial score (nSPS) is 9.69. The van der Waals surface area contributed by atoms with Gasteiger partial charge in [-0.15, -0.1) is 0 Å². The molecule has 1 aromatic rings. The summed E-state index contributed by atoms with van der Waals surface area (Å²) in [5.74, 6) is -1.48. The molecule has 0 aromatic carbocycles. The molecule has 0 fully saturated rings. The lowest BCUT2D eigenvalue weighted by Gasteiger charge is -1.99. The van der Waals surface area contributed by atoms with Crippen LogP contribution in [0.1, 0.15) is 17.5 Å². The minimum atomic E-state index is -0.864. The number of nitrogens with zero attached hydrogens (tertiary/aromatic N) is 2. The number of hydrogen-bond acceptors (Lipinski definition) is 4. The molecule has 0 radical (unpaired) electrons. The lowest BCUT2D eigenvalue weighted by Crippen LogP contribution is -2.20. The third-order valence-electron chi connectivity index (χ3n) is 1.49. The molecule has 5 nitrogen and oxygen atoms in total. The van der Waals surface area contributed by atoms with E-state index in [1.165, 1.54) is 10.8 Å². The van der Waals surface area contributed by atoms with Gasteiger partial charge in [0.05, 0.1) is 6.61 Å². The van der Waals surface area contributed by atoms with Gasteiger partial charge in [0.25, 0.3) is 0 Å². The van der Waals surface area contributed by atoms with E-state index in [4.69, 9.17) is 0 Å². The predicted octanol–water partition coefficient (Wildman–Crippen LogP) is 0.166. The van der Waals surface area contributed by atoms with Crippen LogP contribution in [-0.4, -0.2) is 27.9 Å². The molecule has 0 aliphatic heterocycles. The van der Waals surface area contributed by atoms with Crippen LogP contribution in [0, 0.1) is 0 Å². The van der Waals surface area contributed by atoms with Gasteiger partial charge in [0, 0.05) is 19.4 Å². The average molecular weight is 182 g/mol. The zero-order valence-corrected chi connectivity index (χ0v) is 7.48. The smallest absolute Gasteiger partial charge is 0.383 e. The fourth-order valence-electron chi connectivity index (χ4n) is 0.872. The Balaban J connectivity index is 2.80. The maximum Gasteiger partial charge on any atom is 0.383 e. The highest BCUT2D eigenvalue weighted by Gasteiger charge is 2.20. The van der Waals surface area contributed by atoms with Crippen molar-refractivity contribution in [3.05, 3.63) is 18.2 Å². The van der Waals surface area contributed by atoms with Gasteiger partial charge >= 0.3 is 11.8 Å². The Labute approximate surface area is 75.3 Å². The molecule has 0 unspecified atom stereocenters. The predicted molar refractivity (Wildman–Crippen MR) is 44.2 cm³/mol. The standard InChI is InChI=1S/C8H10N2O3/c1-3-13-8(12)6(11)7-9-4-5-10(7)2/h4-5H,3H2,1-2H3. The van der Waals surface area contributed by atoms with Crippen LogP contribution in [0.3, 0.4) is 0 Å². The van der Waals surface area contributed by atoms with E-state index in [0.717, 1.165) is 0 Å². The van der Waals surface area contributed by atoms with Crippen molar-refractivity contribution in [2.24, 2.45) is 7.05 Å². The maximum atomic E-state index is 11.3. The molecule has 0 N–H and O–H groups in total. The number of aromatic nitrogens is 2. The zero-order valence-electron chi connectivity index (χ0n) is 7.48. The van der Waals surface area contributed by atoms with Gasteiger partial charge in [0.1, 0.15) is 0 Å². The SMILES string of the molecule is CCOC(=O)C(=O)c1nccn1C. The van der Waals surface area contributed by atoms with Gasteiger partial charge in [0.15, 0.2) is 5.82 Å². The molecule has 1 rings (SSSR count). The number of hydrogen-bond donors (Lipinski definition) is 0. The Bertz CT molecular complexity index is 330. The molecule has 1 aromatic heterocycles. The lowest BCUT2D eigenvalue weighted by atomic mass is 10.4. The first-order chi connectivity index (χ1) is 6.16. The molecule has 1 heterocycles. The Morgan fingerprint density at radius 1 is 1.62 bits per heavy atom. The molecule has 5 heteroatoms. The molecule has 0 saturated heterocycles. The highest BCUT2D eigenvalue weighted by Crippen LogP contribution is 1.97. The van der Waals surface area contributed by atoms with E-state index in [2.05, 4.69) is 9.72 Å². The van der Waals surface area contributed by atoms with Gasteiger partial charge in [-0.2, -0.15) is 0 Å². The Morgan fingerprint density at radius 2 is 2.31 bits per heavy atom. The van der Waals surface area contributed by atoms with Crippen LogP contribution in [0.5, 0.6) is 0 Å². The van der Waals surface area contributed by atoms with E-state index in [1.54, 1.807) is 20.2 Å². The number of imidazole rings is 1. The van der Waals surface area contributed by atoms with Crippen LogP contribution < -0.4 is 0 Å². The monoisotopic (exact) mass is 182 g/mol. The number of carbonyl (C=O) groups excluding carboxylic acids is 2. The van der Waals surface area contributed by atoms with E-state index in [9.17, 15) is 9.59 Å². The molecule has 0 amide bonds. The maximum absolute atomic E-state index is 11.3. The first-order valence-electron chi connectivity index (χ1n) is 3.85. The number of ketones is 1. The molecule has 0 atom stereocenters. The first kappa shape index (κ1) is 9.44. The molecule has 0 aliphatic carbocycles. The third-order valence-corrected chi connectivity index (χ3v) is 1.49. The topological polar surface area (TPSA) is 61.2 Å².